The molecule has 4 rings (SSSR count). The molecule has 0 radical (unpaired) electrons. The van der Waals surface area contributed by atoms with Gasteiger partial charge in [0.1, 0.15) is 11.5 Å². The summed E-state index contributed by atoms with van der Waals surface area (Å²) in [6.07, 6.45) is 3.25. The van der Waals surface area contributed by atoms with Crippen molar-refractivity contribution in [1.29, 1.82) is 0 Å². The molecule has 0 aromatic carbocycles. The molecular formula is C19H24N4O3. The molecule has 2 fully saturated rings. The molecule has 2 aliphatic rings. The average molecular weight is 356 g/mol. The summed E-state index contributed by atoms with van der Waals surface area (Å²) in [5.74, 6) is 0.965. The Balaban J connectivity index is 1.47. The number of likely N-dealkylation sites (tertiary alicyclic amines) is 2. The molecule has 1 atom stereocenters. The second-order valence-electron chi connectivity index (χ2n) is 7.71. The monoisotopic (exact) mass is 356 g/mol. The van der Waals surface area contributed by atoms with Crippen LogP contribution >= 0.6 is 0 Å². The number of carbonyl (C=O) groups excluding carboxylic acids is 2. The van der Waals surface area contributed by atoms with Crippen molar-refractivity contribution in [3.05, 3.63) is 41.0 Å². The van der Waals surface area contributed by atoms with Crippen molar-refractivity contribution in [1.82, 2.24) is 19.5 Å². The molecule has 2 aromatic rings. The number of rotatable bonds is 3. The van der Waals surface area contributed by atoms with Gasteiger partial charge >= 0.3 is 0 Å². The second kappa shape index (κ2) is 6.00. The number of aromatic nitrogens is 2. The minimum Gasteiger partial charge on any atom is -0.361 e. The average Bonchev–Trinajstić information content (AvgIpc) is 3.34. The third kappa shape index (κ3) is 2.71. The van der Waals surface area contributed by atoms with Gasteiger partial charge in [-0.15, -0.1) is 0 Å². The second-order valence-corrected chi connectivity index (χ2v) is 7.71. The molecule has 0 saturated carbocycles. The minimum atomic E-state index is -0.128. The summed E-state index contributed by atoms with van der Waals surface area (Å²) in [5.41, 5.74) is 2.39. The Bertz CT molecular complexity index is 849. The lowest BCUT2D eigenvalue weighted by atomic mass is 9.86. The smallest absolute Gasteiger partial charge is 0.270 e. The Hall–Kier alpha value is -2.57. The zero-order chi connectivity index (χ0) is 18.5. The Morgan fingerprint density at radius 3 is 2.81 bits per heavy atom. The SMILES string of the molecule is Cc1noc(C)c1CN1C[C@]2(CCN(C(=O)c3cccn3C)C2)CC1=O. The lowest BCUT2D eigenvalue weighted by molar-refractivity contribution is -0.128. The fourth-order valence-corrected chi connectivity index (χ4v) is 4.27. The van der Waals surface area contributed by atoms with Gasteiger partial charge < -0.3 is 18.9 Å². The van der Waals surface area contributed by atoms with Gasteiger partial charge in [-0.25, -0.2) is 0 Å². The highest BCUT2D eigenvalue weighted by Crippen LogP contribution is 2.41. The summed E-state index contributed by atoms with van der Waals surface area (Å²) in [6.45, 7) is 6.34. The molecule has 0 bridgehead atoms. The van der Waals surface area contributed by atoms with Crippen molar-refractivity contribution in [2.24, 2.45) is 12.5 Å². The summed E-state index contributed by atoms with van der Waals surface area (Å²) in [6, 6.07) is 3.72. The molecular weight excluding hydrogens is 332 g/mol. The van der Waals surface area contributed by atoms with Gasteiger partial charge in [0.15, 0.2) is 0 Å². The van der Waals surface area contributed by atoms with E-state index in [0.717, 1.165) is 23.4 Å². The number of carbonyl (C=O) groups is 2. The van der Waals surface area contributed by atoms with Gasteiger partial charge in [0.25, 0.3) is 5.91 Å². The van der Waals surface area contributed by atoms with E-state index >= 15 is 0 Å². The number of hydrogen-bond donors (Lipinski definition) is 0. The summed E-state index contributed by atoms with van der Waals surface area (Å²) < 4.78 is 7.06. The predicted molar refractivity (Wildman–Crippen MR) is 94.4 cm³/mol. The van der Waals surface area contributed by atoms with E-state index in [-0.39, 0.29) is 17.2 Å². The molecule has 26 heavy (non-hydrogen) atoms. The normalized spacial score (nSPS) is 22.8. The van der Waals surface area contributed by atoms with E-state index in [1.807, 2.05) is 53.6 Å². The van der Waals surface area contributed by atoms with Crippen molar-refractivity contribution in [2.75, 3.05) is 19.6 Å². The molecule has 0 aliphatic carbocycles. The zero-order valence-electron chi connectivity index (χ0n) is 15.5. The fourth-order valence-electron chi connectivity index (χ4n) is 4.27. The van der Waals surface area contributed by atoms with Gasteiger partial charge in [0.05, 0.1) is 12.2 Å². The van der Waals surface area contributed by atoms with E-state index in [9.17, 15) is 9.59 Å². The first-order chi connectivity index (χ1) is 12.4. The van der Waals surface area contributed by atoms with Crippen LogP contribution in [0.1, 0.15) is 40.3 Å². The number of aryl methyl sites for hydroxylation is 3. The maximum atomic E-state index is 12.8. The molecule has 2 amide bonds. The Morgan fingerprint density at radius 2 is 2.15 bits per heavy atom. The van der Waals surface area contributed by atoms with Crippen LogP contribution in [0.25, 0.3) is 0 Å². The van der Waals surface area contributed by atoms with Gasteiger partial charge in [-0.05, 0) is 32.4 Å². The van der Waals surface area contributed by atoms with E-state index in [1.54, 1.807) is 0 Å². The first-order valence-corrected chi connectivity index (χ1v) is 8.99. The zero-order valence-corrected chi connectivity index (χ0v) is 15.5. The van der Waals surface area contributed by atoms with E-state index in [2.05, 4.69) is 5.16 Å². The van der Waals surface area contributed by atoms with Gasteiger partial charge in [0.2, 0.25) is 5.91 Å². The number of amides is 2. The number of hydrogen-bond acceptors (Lipinski definition) is 4. The standard InChI is InChI=1S/C19H24N4O3/c1-13-15(14(2)26-20-13)10-23-12-19(9-17(23)24)6-8-22(11-19)18(25)16-5-4-7-21(16)3/h4-5,7H,6,8-12H2,1-3H3/t19-/m1/s1. The quantitative estimate of drug-likeness (QED) is 0.842. The minimum absolute atomic E-state index is 0.0472. The first kappa shape index (κ1) is 16.9. The summed E-state index contributed by atoms with van der Waals surface area (Å²) in [4.78, 5) is 29.2. The van der Waals surface area contributed by atoms with Crippen molar-refractivity contribution in [2.45, 2.75) is 33.2 Å². The molecule has 1 spiro atoms. The van der Waals surface area contributed by atoms with Crippen molar-refractivity contribution < 1.29 is 14.1 Å². The Kier molecular flexibility index (Phi) is 3.89. The van der Waals surface area contributed by atoms with E-state index in [0.29, 0.717) is 38.3 Å². The van der Waals surface area contributed by atoms with E-state index < -0.39 is 0 Å². The van der Waals surface area contributed by atoms with Crippen LogP contribution in [0.4, 0.5) is 0 Å². The van der Waals surface area contributed by atoms with Crippen LogP contribution in [0.2, 0.25) is 0 Å². The highest BCUT2D eigenvalue weighted by Gasteiger charge is 2.48. The molecule has 7 nitrogen and oxygen atoms in total. The Labute approximate surface area is 152 Å². The van der Waals surface area contributed by atoms with E-state index in [1.165, 1.54) is 0 Å². The highest BCUT2D eigenvalue weighted by molar-refractivity contribution is 5.93. The van der Waals surface area contributed by atoms with Gasteiger partial charge in [-0.1, -0.05) is 5.16 Å². The summed E-state index contributed by atoms with van der Waals surface area (Å²) in [5, 5.41) is 3.98. The fraction of sp³-hybridized carbons (Fsp3) is 0.526. The van der Waals surface area contributed by atoms with Crippen LogP contribution in [0.3, 0.4) is 0 Å². The molecule has 138 valence electrons. The van der Waals surface area contributed by atoms with Crippen LogP contribution in [0.5, 0.6) is 0 Å². The molecule has 2 aliphatic heterocycles. The maximum absolute atomic E-state index is 12.8. The van der Waals surface area contributed by atoms with Crippen LogP contribution in [-0.4, -0.2) is 51.0 Å². The third-order valence-electron chi connectivity index (χ3n) is 5.82. The van der Waals surface area contributed by atoms with Gasteiger partial charge in [-0.3, -0.25) is 9.59 Å². The maximum Gasteiger partial charge on any atom is 0.270 e. The van der Waals surface area contributed by atoms with Crippen LogP contribution in [0.15, 0.2) is 22.9 Å². The van der Waals surface area contributed by atoms with Crippen LogP contribution in [0, 0.1) is 19.3 Å². The Morgan fingerprint density at radius 1 is 1.35 bits per heavy atom. The highest BCUT2D eigenvalue weighted by atomic mass is 16.5. The molecule has 4 heterocycles. The number of nitrogens with zero attached hydrogens (tertiary/aromatic N) is 4. The topological polar surface area (TPSA) is 71.6 Å². The molecule has 7 heteroatoms. The largest absolute Gasteiger partial charge is 0.361 e. The summed E-state index contributed by atoms with van der Waals surface area (Å²) in [7, 11) is 1.88. The lowest BCUT2D eigenvalue weighted by Crippen LogP contribution is -2.34. The first-order valence-electron chi connectivity index (χ1n) is 8.99. The molecule has 0 unspecified atom stereocenters. The molecule has 2 saturated heterocycles. The molecule has 2 aromatic heterocycles. The van der Waals surface area contributed by atoms with Crippen molar-refractivity contribution >= 4 is 11.8 Å². The van der Waals surface area contributed by atoms with Crippen molar-refractivity contribution in [3.63, 3.8) is 0 Å². The third-order valence-corrected chi connectivity index (χ3v) is 5.82. The van der Waals surface area contributed by atoms with Crippen LogP contribution < -0.4 is 0 Å². The van der Waals surface area contributed by atoms with Gasteiger partial charge in [0, 0.05) is 50.3 Å². The van der Waals surface area contributed by atoms with Crippen LogP contribution in [-0.2, 0) is 18.4 Å². The van der Waals surface area contributed by atoms with Crippen molar-refractivity contribution in [3.8, 4) is 0 Å². The lowest BCUT2D eigenvalue weighted by Gasteiger charge is -2.24. The molecule has 0 N–H and O–H groups in total. The van der Waals surface area contributed by atoms with Gasteiger partial charge in [-0.2, -0.15) is 0 Å². The van der Waals surface area contributed by atoms with E-state index in [4.69, 9.17) is 4.52 Å². The summed E-state index contributed by atoms with van der Waals surface area (Å²) >= 11 is 0. The predicted octanol–water partition coefficient (Wildman–Crippen LogP) is 1.89.